The van der Waals surface area contributed by atoms with Crippen molar-refractivity contribution in [3.05, 3.63) is 40.4 Å². The summed E-state index contributed by atoms with van der Waals surface area (Å²) in [6, 6.07) is 0.813. The Kier molecular flexibility index (Phi) is 4.74. The minimum atomic E-state index is -4.54. The smallest absolute Gasteiger partial charge is 0.388 e. The van der Waals surface area contributed by atoms with Crippen LogP contribution in [-0.4, -0.2) is 40.6 Å². The minimum absolute atomic E-state index is 0.170. The third-order valence-corrected chi connectivity index (χ3v) is 5.70. The number of hydrogen-bond donors (Lipinski definition) is 2. The van der Waals surface area contributed by atoms with Crippen molar-refractivity contribution in [2.45, 2.75) is 44.7 Å². The Bertz CT molecular complexity index is 789. The van der Waals surface area contributed by atoms with Crippen LogP contribution in [0.5, 0.6) is 0 Å². The Morgan fingerprint density at radius 3 is 2.78 bits per heavy atom. The Balaban J connectivity index is 1.54. The minimum Gasteiger partial charge on any atom is -0.388 e. The number of H-pyrrole nitrogens is 1. The standard InChI is InChI=1S/C19H23F3N4O/c20-19(21,22)17-9-16(24-25-17)18(27)26(10-12-3-1-4-12)11-13-5-2-6-15-14(13)7-8-23-15/h5,9,12,23H,1-4,6-8,10-11H2,(H,24,25). The number of nitrogens with one attached hydrogen (secondary N) is 2. The van der Waals surface area contributed by atoms with Gasteiger partial charge in [0, 0.05) is 31.4 Å². The molecule has 146 valence electrons. The maximum atomic E-state index is 12.9. The van der Waals surface area contributed by atoms with Gasteiger partial charge in [-0.3, -0.25) is 9.89 Å². The van der Waals surface area contributed by atoms with Crippen molar-refractivity contribution >= 4 is 5.91 Å². The summed E-state index contributed by atoms with van der Waals surface area (Å²) in [6.07, 6.45) is 3.75. The fraction of sp³-hybridized carbons (Fsp3) is 0.579. The first kappa shape index (κ1) is 18.1. The Morgan fingerprint density at radius 2 is 2.11 bits per heavy atom. The van der Waals surface area contributed by atoms with Crippen LogP contribution >= 0.6 is 0 Å². The van der Waals surface area contributed by atoms with E-state index in [0.29, 0.717) is 19.0 Å². The van der Waals surface area contributed by atoms with Gasteiger partial charge in [0.1, 0.15) is 5.69 Å². The van der Waals surface area contributed by atoms with E-state index in [4.69, 9.17) is 0 Å². The van der Waals surface area contributed by atoms with Crippen molar-refractivity contribution in [2.75, 3.05) is 19.6 Å². The first-order chi connectivity index (χ1) is 12.9. The average Bonchev–Trinajstić information content (AvgIpc) is 3.24. The number of halogens is 3. The third-order valence-electron chi connectivity index (χ3n) is 5.70. The molecular weight excluding hydrogens is 357 g/mol. The van der Waals surface area contributed by atoms with Crippen molar-refractivity contribution in [3.8, 4) is 0 Å². The van der Waals surface area contributed by atoms with E-state index in [1.807, 2.05) is 5.10 Å². The number of carbonyl (C=O) groups is 1. The van der Waals surface area contributed by atoms with Gasteiger partial charge in [0.2, 0.25) is 0 Å². The van der Waals surface area contributed by atoms with Gasteiger partial charge in [0.05, 0.1) is 0 Å². The van der Waals surface area contributed by atoms with Gasteiger partial charge in [-0.15, -0.1) is 0 Å². The highest BCUT2D eigenvalue weighted by Gasteiger charge is 2.35. The summed E-state index contributed by atoms with van der Waals surface area (Å²) >= 11 is 0. The van der Waals surface area contributed by atoms with Gasteiger partial charge in [0.25, 0.3) is 5.91 Å². The largest absolute Gasteiger partial charge is 0.432 e. The lowest BCUT2D eigenvalue weighted by Crippen LogP contribution is -2.39. The Morgan fingerprint density at radius 1 is 1.30 bits per heavy atom. The second-order valence-corrected chi connectivity index (χ2v) is 7.55. The lowest BCUT2D eigenvalue weighted by Gasteiger charge is -2.33. The van der Waals surface area contributed by atoms with E-state index in [1.54, 1.807) is 4.90 Å². The highest BCUT2D eigenvalue weighted by Crippen LogP contribution is 2.33. The molecule has 5 nitrogen and oxygen atoms in total. The van der Waals surface area contributed by atoms with Crippen molar-refractivity contribution in [2.24, 2.45) is 5.92 Å². The summed E-state index contributed by atoms with van der Waals surface area (Å²) in [5.74, 6) is -0.0115. The van der Waals surface area contributed by atoms with Gasteiger partial charge in [-0.05, 0) is 49.2 Å². The summed E-state index contributed by atoms with van der Waals surface area (Å²) in [6.45, 7) is 1.91. The summed E-state index contributed by atoms with van der Waals surface area (Å²) in [5, 5.41) is 8.98. The van der Waals surface area contributed by atoms with Crippen LogP contribution in [-0.2, 0) is 6.18 Å². The fourth-order valence-electron chi connectivity index (χ4n) is 4.01. The quantitative estimate of drug-likeness (QED) is 0.820. The number of alkyl halides is 3. The Labute approximate surface area is 155 Å². The molecule has 0 bridgehead atoms. The highest BCUT2D eigenvalue weighted by atomic mass is 19.4. The number of hydrogen-bond acceptors (Lipinski definition) is 3. The molecule has 2 heterocycles. The van der Waals surface area contributed by atoms with Crippen molar-refractivity contribution < 1.29 is 18.0 Å². The number of nitrogens with zero attached hydrogens (tertiary/aromatic N) is 2. The first-order valence-electron chi connectivity index (χ1n) is 9.49. The number of aromatic amines is 1. The SMILES string of the molecule is O=C(c1cc(C(F)(F)F)[nH]n1)N(CC1=CCCC2=C1CCN2)CC1CCC1. The average molecular weight is 380 g/mol. The van der Waals surface area contributed by atoms with Crippen molar-refractivity contribution in [1.29, 1.82) is 0 Å². The molecule has 8 heteroatoms. The molecule has 4 rings (SSSR count). The van der Waals surface area contributed by atoms with E-state index >= 15 is 0 Å². The van der Waals surface area contributed by atoms with E-state index in [-0.39, 0.29) is 5.69 Å². The van der Waals surface area contributed by atoms with E-state index in [1.165, 1.54) is 11.3 Å². The molecule has 0 spiro atoms. The zero-order valence-electron chi connectivity index (χ0n) is 15.0. The molecule has 0 saturated heterocycles. The molecule has 1 amide bonds. The molecule has 1 saturated carbocycles. The maximum absolute atomic E-state index is 12.9. The number of allylic oxidation sites excluding steroid dienone is 2. The molecular formula is C19H23F3N4O. The molecule has 0 radical (unpaired) electrons. The molecule has 2 aliphatic carbocycles. The molecule has 3 aliphatic rings. The monoisotopic (exact) mass is 380 g/mol. The summed E-state index contributed by atoms with van der Waals surface area (Å²) < 4.78 is 38.5. The zero-order valence-corrected chi connectivity index (χ0v) is 15.0. The predicted octanol–water partition coefficient (Wildman–Crippen LogP) is 3.64. The normalized spacial score (nSPS) is 20.0. The van der Waals surface area contributed by atoms with Crippen LogP contribution < -0.4 is 5.32 Å². The lowest BCUT2D eigenvalue weighted by molar-refractivity contribution is -0.141. The molecule has 2 N–H and O–H groups in total. The molecule has 0 unspecified atom stereocenters. The van der Waals surface area contributed by atoms with Crippen molar-refractivity contribution in [3.63, 3.8) is 0 Å². The van der Waals surface area contributed by atoms with Gasteiger partial charge >= 0.3 is 6.18 Å². The van der Waals surface area contributed by atoms with Crippen LogP contribution in [0.2, 0.25) is 0 Å². The molecule has 1 aromatic rings. The fourth-order valence-corrected chi connectivity index (χ4v) is 4.01. The van der Waals surface area contributed by atoms with E-state index < -0.39 is 17.8 Å². The molecule has 1 aliphatic heterocycles. The van der Waals surface area contributed by atoms with Crippen LogP contribution in [0, 0.1) is 5.92 Å². The Hall–Kier alpha value is -2.25. The van der Waals surface area contributed by atoms with Crippen LogP contribution in [0.25, 0.3) is 0 Å². The highest BCUT2D eigenvalue weighted by molar-refractivity contribution is 5.92. The molecule has 0 aromatic carbocycles. The van der Waals surface area contributed by atoms with Crippen LogP contribution in [0.1, 0.15) is 54.7 Å². The summed E-state index contributed by atoms with van der Waals surface area (Å²) in [7, 11) is 0. The van der Waals surface area contributed by atoms with E-state index in [9.17, 15) is 18.0 Å². The van der Waals surface area contributed by atoms with Crippen molar-refractivity contribution in [1.82, 2.24) is 20.4 Å². The number of amides is 1. The maximum Gasteiger partial charge on any atom is 0.432 e. The van der Waals surface area contributed by atoms with E-state index in [0.717, 1.165) is 56.7 Å². The predicted molar refractivity (Wildman–Crippen MR) is 93.8 cm³/mol. The number of rotatable bonds is 5. The van der Waals surface area contributed by atoms with E-state index in [2.05, 4.69) is 16.5 Å². The lowest BCUT2D eigenvalue weighted by atomic mass is 9.84. The van der Waals surface area contributed by atoms with Crippen LogP contribution in [0.3, 0.4) is 0 Å². The van der Waals surface area contributed by atoms with Gasteiger partial charge < -0.3 is 10.2 Å². The molecule has 0 atom stereocenters. The molecule has 1 fully saturated rings. The topological polar surface area (TPSA) is 61.0 Å². The van der Waals surface area contributed by atoms with Gasteiger partial charge in [0.15, 0.2) is 5.69 Å². The molecule has 27 heavy (non-hydrogen) atoms. The number of aromatic nitrogens is 2. The first-order valence-corrected chi connectivity index (χ1v) is 9.49. The molecule has 1 aromatic heterocycles. The zero-order chi connectivity index (χ0) is 19.0. The van der Waals surface area contributed by atoms with Crippen LogP contribution in [0.4, 0.5) is 13.2 Å². The summed E-state index contributed by atoms with van der Waals surface area (Å²) in [5.41, 5.74) is 2.49. The van der Waals surface area contributed by atoms with Gasteiger partial charge in [-0.2, -0.15) is 18.3 Å². The second-order valence-electron chi connectivity index (χ2n) is 7.55. The summed E-state index contributed by atoms with van der Waals surface area (Å²) in [4.78, 5) is 14.6. The third kappa shape index (κ3) is 3.75. The van der Waals surface area contributed by atoms with Gasteiger partial charge in [-0.25, -0.2) is 0 Å². The second kappa shape index (κ2) is 7.05. The van der Waals surface area contributed by atoms with Crippen LogP contribution in [0.15, 0.2) is 29.0 Å². The van der Waals surface area contributed by atoms with Gasteiger partial charge in [-0.1, -0.05) is 12.5 Å². The number of carbonyl (C=O) groups excluding carboxylic acids is 1.